The average molecular weight is 253 g/mol. The Balaban J connectivity index is 2.14. The van der Waals surface area contributed by atoms with Crippen molar-refractivity contribution in [3.05, 3.63) is 42.5 Å². The first-order chi connectivity index (χ1) is 9.33. The normalized spacial score (nSPS) is 11.4. The Kier molecular flexibility index (Phi) is 1.94. The Hall–Kier alpha value is -2.76. The van der Waals surface area contributed by atoms with Crippen LogP contribution in [0.25, 0.3) is 33.2 Å². The second-order valence-corrected chi connectivity index (χ2v) is 4.27. The number of aromatic nitrogens is 5. The van der Waals surface area contributed by atoms with Crippen LogP contribution in [0.1, 0.15) is 0 Å². The molecule has 5 nitrogen and oxygen atoms in total. The molecule has 1 aromatic carbocycles. The van der Waals surface area contributed by atoms with Crippen LogP contribution in [0.3, 0.4) is 0 Å². The van der Waals surface area contributed by atoms with Gasteiger partial charge in [0.25, 0.3) is 0 Å². The van der Waals surface area contributed by atoms with Crippen LogP contribution in [0, 0.1) is 5.82 Å². The Labute approximate surface area is 106 Å². The highest BCUT2D eigenvalue weighted by Gasteiger charge is 2.12. The average Bonchev–Trinajstić information content (AvgIpc) is 3.04. The van der Waals surface area contributed by atoms with Crippen molar-refractivity contribution in [2.45, 2.75) is 0 Å². The van der Waals surface area contributed by atoms with E-state index in [0.717, 1.165) is 33.2 Å². The minimum absolute atomic E-state index is 0.267. The number of aromatic amines is 2. The number of hydrogen-bond acceptors (Lipinski definition) is 3. The molecule has 4 aromatic rings. The number of nitrogens with one attached hydrogen (secondary N) is 2. The van der Waals surface area contributed by atoms with Crippen LogP contribution >= 0.6 is 0 Å². The third-order valence-electron chi connectivity index (χ3n) is 3.15. The Morgan fingerprint density at radius 2 is 2.05 bits per heavy atom. The molecule has 0 fully saturated rings. The first-order valence-electron chi connectivity index (χ1n) is 5.75. The highest BCUT2D eigenvalue weighted by Crippen LogP contribution is 2.30. The summed E-state index contributed by atoms with van der Waals surface area (Å²) in [6.45, 7) is 0. The van der Waals surface area contributed by atoms with E-state index in [4.69, 9.17) is 0 Å². The van der Waals surface area contributed by atoms with Gasteiger partial charge in [-0.1, -0.05) is 5.21 Å². The molecule has 6 heteroatoms. The summed E-state index contributed by atoms with van der Waals surface area (Å²) in [6, 6.07) is 6.59. The molecule has 0 radical (unpaired) electrons. The van der Waals surface area contributed by atoms with Crippen molar-refractivity contribution >= 4 is 21.8 Å². The molecule has 0 aliphatic rings. The van der Waals surface area contributed by atoms with Crippen molar-refractivity contribution in [3.8, 4) is 11.4 Å². The molecule has 19 heavy (non-hydrogen) atoms. The van der Waals surface area contributed by atoms with Crippen molar-refractivity contribution in [3.63, 3.8) is 0 Å². The molecule has 4 rings (SSSR count). The zero-order chi connectivity index (χ0) is 12.8. The first kappa shape index (κ1) is 10.2. The van der Waals surface area contributed by atoms with Crippen LogP contribution in [0.4, 0.5) is 4.39 Å². The van der Waals surface area contributed by atoms with Crippen molar-refractivity contribution in [1.82, 2.24) is 25.4 Å². The number of H-pyrrole nitrogens is 2. The molecular formula is C13H8FN5. The molecule has 92 valence electrons. The molecule has 0 aliphatic carbocycles. The molecule has 3 aromatic heterocycles. The van der Waals surface area contributed by atoms with Gasteiger partial charge in [-0.2, -0.15) is 0 Å². The zero-order valence-electron chi connectivity index (χ0n) is 9.68. The van der Waals surface area contributed by atoms with E-state index in [1.807, 2.05) is 6.07 Å². The molecule has 3 heterocycles. The number of fused-ring (bicyclic) bond motifs is 3. The van der Waals surface area contributed by atoms with Gasteiger partial charge in [0.15, 0.2) is 0 Å². The fraction of sp³-hybridized carbons (Fsp3) is 0. The van der Waals surface area contributed by atoms with Gasteiger partial charge >= 0.3 is 0 Å². The van der Waals surface area contributed by atoms with Crippen LogP contribution in [0.2, 0.25) is 0 Å². The fourth-order valence-corrected chi connectivity index (χ4v) is 2.32. The summed E-state index contributed by atoms with van der Waals surface area (Å²) in [6.07, 6.45) is 3.32. The molecule has 2 N–H and O–H groups in total. The fourth-order valence-electron chi connectivity index (χ4n) is 2.32. The summed E-state index contributed by atoms with van der Waals surface area (Å²) >= 11 is 0. The van der Waals surface area contributed by atoms with Crippen LogP contribution in [-0.2, 0) is 0 Å². The van der Waals surface area contributed by atoms with E-state index in [-0.39, 0.29) is 5.82 Å². The highest BCUT2D eigenvalue weighted by molar-refractivity contribution is 6.10. The van der Waals surface area contributed by atoms with E-state index in [9.17, 15) is 4.39 Å². The van der Waals surface area contributed by atoms with Crippen molar-refractivity contribution in [1.29, 1.82) is 0 Å². The lowest BCUT2D eigenvalue weighted by Gasteiger charge is -1.97. The molecule has 0 aliphatic heterocycles. The lowest BCUT2D eigenvalue weighted by atomic mass is 10.1. The van der Waals surface area contributed by atoms with Gasteiger partial charge in [0.05, 0.1) is 11.7 Å². The number of benzene rings is 1. The van der Waals surface area contributed by atoms with Crippen LogP contribution in [0.15, 0.2) is 36.7 Å². The van der Waals surface area contributed by atoms with Gasteiger partial charge in [-0.25, -0.2) is 4.39 Å². The van der Waals surface area contributed by atoms with E-state index in [2.05, 4.69) is 25.4 Å². The third kappa shape index (κ3) is 1.43. The summed E-state index contributed by atoms with van der Waals surface area (Å²) in [5.41, 5.74) is 3.03. The SMILES string of the molecule is Fc1ccc2c(c1)[nH]c1c(-c3cnn[nH]3)nccc12. The largest absolute Gasteiger partial charge is 0.353 e. The van der Waals surface area contributed by atoms with Crippen molar-refractivity contribution in [2.75, 3.05) is 0 Å². The summed E-state index contributed by atoms with van der Waals surface area (Å²) in [4.78, 5) is 7.53. The lowest BCUT2D eigenvalue weighted by Crippen LogP contribution is -1.85. The van der Waals surface area contributed by atoms with Gasteiger partial charge in [0, 0.05) is 22.5 Å². The van der Waals surface area contributed by atoms with Crippen molar-refractivity contribution < 1.29 is 4.39 Å². The smallest absolute Gasteiger partial charge is 0.125 e. The van der Waals surface area contributed by atoms with Gasteiger partial charge in [-0.05, 0) is 24.3 Å². The van der Waals surface area contributed by atoms with E-state index >= 15 is 0 Å². The van der Waals surface area contributed by atoms with Crippen LogP contribution in [-0.4, -0.2) is 25.4 Å². The van der Waals surface area contributed by atoms with E-state index in [1.54, 1.807) is 18.5 Å². The Morgan fingerprint density at radius 3 is 2.89 bits per heavy atom. The highest BCUT2D eigenvalue weighted by atomic mass is 19.1. The zero-order valence-corrected chi connectivity index (χ0v) is 9.68. The number of hydrogen-bond donors (Lipinski definition) is 2. The maximum atomic E-state index is 13.3. The van der Waals surface area contributed by atoms with E-state index in [1.165, 1.54) is 12.1 Å². The van der Waals surface area contributed by atoms with Gasteiger partial charge in [0.1, 0.15) is 17.2 Å². The Bertz CT molecular complexity index is 879. The van der Waals surface area contributed by atoms with Gasteiger partial charge < -0.3 is 4.98 Å². The van der Waals surface area contributed by atoms with E-state index < -0.39 is 0 Å². The van der Waals surface area contributed by atoms with Crippen molar-refractivity contribution in [2.24, 2.45) is 0 Å². The quantitative estimate of drug-likeness (QED) is 0.548. The first-order valence-corrected chi connectivity index (χ1v) is 5.75. The summed E-state index contributed by atoms with van der Waals surface area (Å²) < 4.78 is 13.3. The second-order valence-electron chi connectivity index (χ2n) is 4.27. The molecule has 0 saturated carbocycles. The number of nitrogens with zero attached hydrogens (tertiary/aromatic N) is 3. The molecular weight excluding hydrogens is 245 g/mol. The summed E-state index contributed by atoms with van der Waals surface area (Å²) in [5.74, 6) is -0.267. The number of rotatable bonds is 1. The molecule has 0 unspecified atom stereocenters. The van der Waals surface area contributed by atoms with Gasteiger partial charge in [-0.15, -0.1) is 5.10 Å². The standard InChI is InChI=1S/C13H8FN5/c14-7-1-2-8-9-3-4-15-13(11-6-16-19-18-11)12(9)17-10(8)5-7/h1-6,17H,(H,16,18,19). The maximum absolute atomic E-state index is 13.3. The predicted octanol–water partition coefficient (Wildman–Crippen LogP) is 2.64. The molecule has 0 amide bonds. The molecule has 0 spiro atoms. The minimum atomic E-state index is -0.267. The summed E-state index contributed by atoms with van der Waals surface area (Å²) in [7, 11) is 0. The Morgan fingerprint density at radius 1 is 1.11 bits per heavy atom. The topological polar surface area (TPSA) is 70.2 Å². The van der Waals surface area contributed by atoms with Crippen LogP contribution in [0.5, 0.6) is 0 Å². The second kappa shape index (κ2) is 3.61. The van der Waals surface area contributed by atoms with E-state index in [0.29, 0.717) is 0 Å². The molecule has 0 saturated heterocycles. The maximum Gasteiger partial charge on any atom is 0.125 e. The third-order valence-corrected chi connectivity index (χ3v) is 3.15. The van der Waals surface area contributed by atoms with Gasteiger partial charge in [0.2, 0.25) is 0 Å². The molecule has 0 bridgehead atoms. The minimum Gasteiger partial charge on any atom is -0.353 e. The van der Waals surface area contributed by atoms with Gasteiger partial charge in [-0.3, -0.25) is 10.1 Å². The lowest BCUT2D eigenvalue weighted by molar-refractivity contribution is 0.629. The number of pyridine rings is 1. The number of halogens is 1. The predicted molar refractivity (Wildman–Crippen MR) is 68.9 cm³/mol. The molecule has 0 atom stereocenters. The van der Waals surface area contributed by atoms with Crippen LogP contribution < -0.4 is 0 Å². The monoisotopic (exact) mass is 253 g/mol. The summed E-state index contributed by atoms with van der Waals surface area (Å²) in [5, 5.41) is 12.2.